The number of nitrogens with zero attached hydrogens (tertiary/aromatic N) is 3. The smallest absolute Gasteiger partial charge is 0.273 e. The van der Waals surface area contributed by atoms with Crippen molar-refractivity contribution in [1.82, 2.24) is 20.3 Å². The van der Waals surface area contributed by atoms with Gasteiger partial charge < -0.3 is 11.1 Å². The van der Waals surface area contributed by atoms with E-state index in [-0.39, 0.29) is 5.91 Å². The van der Waals surface area contributed by atoms with E-state index in [1.165, 1.54) is 19.3 Å². The van der Waals surface area contributed by atoms with E-state index in [4.69, 9.17) is 5.73 Å². The van der Waals surface area contributed by atoms with Gasteiger partial charge in [-0.15, -0.1) is 5.10 Å². The zero-order chi connectivity index (χ0) is 12.1. The highest BCUT2D eigenvalue weighted by atomic mass is 16.2. The van der Waals surface area contributed by atoms with Crippen molar-refractivity contribution in [1.29, 1.82) is 0 Å². The van der Waals surface area contributed by atoms with Crippen molar-refractivity contribution >= 4 is 5.91 Å². The largest absolute Gasteiger partial charge is 0.348 e. The maximum absolute atomic E-state index is 11.9. The van der Waals surface area contributed by atoms with Crippen LogP contribution >= 0.6 is 0 Å². The Hall–Kier alpha value is -1.43. The Kier molecular flexibility index (Phi) is 4.08. The van der Waals surface area contributed by atoms with Crippen LogP contribution in [0.4, 0.5) is 0 Å². The van der Waals surface area contributed by atoms with Gasteiger partial charge in [0, 0.05) is 12.6 Å². The van der Waals surface area contributed by atoms with Gasteiger partial charge in [0.25, 0.3) is 5.91 Å². The van der Waals surface area contributed by atoms with Crippen molar-refractivity contribution in [3.63, 3.8) is 0 Å². The molecule has 0 bridgehead atoms. The summed E-state index contributed by atoms with van der Waals surface area (Å²) in [5.74, 6) is -0.125. The van der Waals surface area contributed by atoms with Crippen LogP contribution in [0.15, 0.2) is 6.20 Å². The van der Waals surface area contributed by atoms with Gasteiger partial charge in [-0.3, -0.25) is 9.48 Å². The fraction of sp³-hybridized carbons (Fsp3) is 0.727. The van der Waals surface area contributed by atoms with E-state index in [0.29, 0.717) is 24.8 Å². The van der Waals surface area contributed by atoms with Gasteiger partial charge in [-0.05, 0) is 12.8 Å². The second kappa shape index (κ2) is 5.77. The van der Waals surface area contributed by atoms with E-state index < -0.39 is 0 Å². The number of amides is 1. The second-order valence-electron chi connectivity index (χ2n) is 4.46. The lowest BCUT2D eigenvalue weighted by Crippen LogP contribution is -2.36. The monoisotopic (exact) mass is 237 g/mol. The minimum absolute atomic E-state index is 0.125. The van der Waals surface area contributed by atoms with Crippen LogP contribution in [0, 0.1) is 0 Å². The van der Waals surface area contributed by atoms with Crippen molar-refractivity contribution < 1.29 is 4.79 Å². The molecule has 0 saturated heterocycles. The SMILES string of the molecule is NCCn1cc(C(=O)NC2CCCCC2)nn1. The molecule has 1 aromatic heterocycles. The summed E-state index contributed by atoms with van der Waals surface area (Å²) >= 11 is 0. The Morgan fingerprint density at radius 2 is 2.24 bits per heavy atom. The maximum Gasteiger partial charge on any atom is 0.273 e. The Balaban J connectivity index is 1.89. The molecule has 1 saturated carbocycles. The van der Waals surface area contributed by atoms with Crippen molar-refractivity contribution in [2.75, 3.05) is 6.54 Å². The summed E-state index contributed by atoms with van der Waals surface area (Å²) in [6, 6.07) is 0.302. The minimum Gasteiger partial charge on any atom is -0.348 e. The molecule has 1 heterocycles. The summed E-state index contributed by atoms with van der Waals surface area (Å²) in [6.45, 7) is 1.08. The highest BCUT2D eigenvalue weighted by molar-refractivity contribution is 5.92. The van der Waals surface area contributed by atoms with Gasteiger partial charge in [0.05, 0.1) is 12.7 Å². The second-order valence-corrected chi connectivity index (χ2v) is 4.46. The zero-order valence-electron chi connectivity index (χ0n) is 9.93. The molecular weight excluding hydrogens is 218 g/mol. The van der Waals surface area contributed by atoms with E-state index in [0.717, 1.165) is 12.8 Å². The van der Waals surface area contributed by atoms with Gasteiger partial charge in [-0.1, -0.05) is 24.5 Å². The zero-order valence-corrected chi connectivity index (χ0v) is 9.93. The summed E-state index contributed by atoms with van der Waals surface area (Å²) in [4.78, 5) is 11.9. The van der Waals surface area contributed by atoms with E-state index in [2.05, 4.69) is 15.6 Å². The number of nitrogens with one attached hydrogen (secondary N) is 1. The molecule has 6 heteroatoms. The van der Waals surface area contributed by atoms with Gasteiger partial charge in [0.1, 0.15) is 0 Å². The third-order valence-electron chi connectivity index (χ3n) is 3.07. The lowest BCUT2D eigenvalue weighted by atomic mass is 9.95. The van der Waals surface area contributed by atoms with Gasteiger partial charge in [0.15, 0.2) is 5.69 Å². The normalized spacial score (nSPS) is 17.0. The minimum atomic E-state index is -0.125. The summed E-state index contributed by atoms with van der Waals surface area (Å²) in [7, 11) is 0. The Morgan fingerprint density at radius 3 is 2.94 bits per heavy atom. The fourth-order valence-electron chi connectivity index (χ4n) is 2.15. The number of aromatic nitrogens is 3. The van der Waals surface area contributed by atoms with Crippen LogP contribution in [-0.4, -0.2) is 33.5 Å². The van der Waals surface area contributed by atoms with Crippen molar-refractivity contribution in [3.05, 3.63) is 11.9 Å². The molecule has 0 radical (unpaired) electrons. The first-order valence-electron chi connectivity index (χ1n) is 6.20. The van der Waals surface area contributed by atoms with Crippen molar-refractivity contribution in [3.8, 4) is 0 Å². The van der Waals surface area contributed by atoms with E-state index in [1.54, 1.807) is 10.9 Å². The van der Waals surface area contributed by atoms with E-state index in [9.17, 15) is 4.79 Å². The Bertz CT molecular complexity index is 370. The van der Waals surface area contributed by atoms with Crippen LogP contribution in [0.2, 0.25) is 0 Å². The van der Waals surface area contributed by atoms with Gasteiger partial charge in [-0.2, -0.15) is 0 Å². The highest BCUT2D eigenvalue weighted by Gasteiger charge is 2.18. The number of hydrogen-bond donors (Lipinski definition) is 2. The predicted octanol–water partition coefficient (Wildman–Crippen LogP) is 0.299. The van der Waals surface area contributed by atoms with Crippen LogP contribution in [0.25, 0.3) is 0 Å². The molecular formula is C11H19N5O. The van der Waals surface area contributed by atoms with E-state index in [1.807, 2.05) is 0 Å². The van der Waals surface area contributed by atoms with Crippen LogP contribution in [0.5, 0.6) is 0 Å². The van der Waals surface area contributed by atoms with Gasteiger partial charge in [-0.25, -0.2) is 0 Å². The molecule has 3 N–H and O–H groups in total. The maximum atomic E-state index is 11.9. The first-order valence-corrected chi connectivity index (χ1v) is 6.20. The quantitative estimate of drug-likeness (QED) is 0.788. The number of nitrogens with two attached hydrogens (primary N) is 1. The van der Waals surface area contributed by atoms with Gasteiger partial charge >= 0.3 is 0 Å². The molecule has 0 aromatic carbocycles. The number of rotatable bonds is 4. The summed E-state index contributed by atoms with van der Waals surface area (Å²) in [5.41, 5.74) is 5.78. The fourth-order valence-corrected chi connectivity index (χ4v) is 2.15. The molecule has 1 fully saturated rings. The predicted molar refractivity (Wildman–Crippen MR) is 63.4 cm³/mol. The standard InChI is InChI=1S/C11H19N5O/c12-6-7-16-8-10(14-15-16)11(17)13-9-4-2-1-3-5-9/h8-9H,1-7,12H2,(H,13,17). The molecule has 17 heavy (non-hydrogen) atoms. The first kappa shape index (κ1) is 12.0. The Labute approximate surface area is 101 Å². The van der Waals surface area contributed by atoms with Crippen molar-refractivity contribution in [2.45, 2.75) is 44.7 Å². The average molecular weight is 237 g/mol. The molecule has 0 atom stereocenters. The topological polar surface area (TPSA) is 85.8 Å². The summed E-state index contributed by atoms with van der Waals surface area (Å²) in [5, 5.41) is 10.7. The highest BCUT2D eigenvalue weighted by Crippen LogP contribution is 2.17. The molecule has 0 unspecified atom stereocenters. The molecule has 94 valence electrons. The molecule has 2 rings (SSSR count). The average Bonchev–Trinajstić information content (AvgIpc) is 2.79. The van der Waals surface area contributed by atoms with Crippen molar-refractivity contribution in [2.24, 2.45) is 5.73 Å². The van der Waals surface area contributed by atoms with E-state index >= 15 is 0 Å². The first-order chi connectivity index (χ1) is 8.29. The molecule has 1 aliphatic carbocycles. The molecule has 1 aromatic rings. The lowest BCUT2D eigenvalue weighted by molar-refractivity contribution is 0.0922. The van der Waals surface area contributed by atoms with Gasteiger partial charge in [0.2, 0.25) is 0 Å². The third kappa shape index (κ3) is 3.26. The number of carbonyl (C=O) groups is 1. The van der Waals surface area contributed by atoms with Crippen LogP contribution in [0.1, 0.15) is 42.6 Å². The molecule has 1 aliphatic rings. The van der Waals surface area contributed by atoms with Crippen LogP contribution in [-0.2, 0) is 6.54 Å². The van der Waals surface area contributed by atoms with Crippen LogP contribution < -0.4 is 11.1 Å². The number of hydrogen-bond acceptors (Lipinski definition) is 4. The summed E-state index contributed by atoms with van der Waals surface area (Å²) < 4.78 is 1.59. The molecule has 6 nitrogen and oxygen atoms in total. The molecule has 1 amide bonds. The lowest BCUT2D eigenvalue weighted by Gasteiger charge is -2.22. The van der Waals surface area contributed by atoms with Crippen LogP contribution in [0.3, 0.4) is 0 Å². The molecule has 0 spiro atoms. The molecule has 0 aliphatic heterocycles. The Morgan fingerprint density at radius 1 is 1.47 bits per heavy atom. The number of carbonyl (C=O) groups excluding carboxylic acids is 1. The summed E-state index contributed by atoms with van der Waals surface area (Å²) in [6.07, 6.45) is 7.46. The third-order valence-corrected chi connectivity index (χ3v) is 3.07.